The van der Waals surface area contributed by atoms with Gasteiger partial charge in [-0.25, -0.2) is 0 Å². The van der Waals surface area contributed by atoms with E-state index in [0.29, 0.717) is 0 Å². The predicted octanol–water partition coefficient (Wildman–Crippen LogP) is 10.4. The predicted molar refractivity (Wildman–Crippen MR) is 166 cm³/mol. The van der Waals surface area contributed by atoms with Crippen LogP contribution in [0.4, 0.5) is 0 Å². The second-order valence-corrected chi connectivity index (χ2v) is 11.9. The molecule has 5 aromatic heterocycles. The number of hydrogen-bond donors (Lipinski definition) is 0. The van der Waals surface area contributed by atoms with Crippen LogP contribution in [0.15, 0.2) is 114 Å². The van der Waals surface area contributed by atoms with Crippen LogP contribution >= 0.6 is 22.7 Å². The Balaban J connectivity index is 1.28. The highest BCUT2D eigenvalue weighted by Gasteiger charge is 2.18. The van der Waals surface area contributed by atoms with Gasteiger partial charge in [-0.05, 0) is 42.0 Å². The van der Waals surface area contributed by atoms with Crippen molar-refractivity contribution in [2.24, 2.45) is 0 Å². The van der Waals surface area contributed by atoms with Crippen molar-refractivity contribution in [2.45, 2.75) is 0 Å². The Kier molecular flexibility index (Phi) is 4.36. The van der Waals surface area contributed by atoms with E-state index in [2.05, 4.69) is 97.1 Å². The van der Waals surface area contributed by atoms with E-state index in [0.717, 1.165) is 44.1 Å². The van der Waals surface area contributed by atoms with E-state index in [1.807, 2.05) is 12.4 Å². The standard InChI is InChI=1S/C34H18N2OS2/c1-3-10-28-24(6-1)30-33(38-28)20(14-16-35-30)19-12-13-27-26(18-19)22-9-5-8-21(32(22)37-27)23-15-17-36-31-25-7-2-4-11-29(25)39-34(23)31/h1-18H. The molecule has 5 heterocycles. The van der Waals surface area contributed by atoms with Crippen LogP contribution in [0.5, 0.6) is 0 Å². The third-order valence-electron chi connectivity index (χ3n) is 7.62. The van der Waals surface area contributed by atoms with Gasteiger partial charge in [0.1, 0.15) is 11.2 Å². The Labute approximate surface area is 230 Å². The molecule has 0 unspecified atom stereocenters. The van der Waals surface area contributed by atoms with Crippen molar-refractivity contribution >= 4 is 85.2 Å². The van der Waals surface area contributed by atoms with Crippen molar-refractivity contribution in [3.05, 3.63) is 109 Å². The number of aromatic nitrogens is 2. The van der Waals surface area contributed by atoms with Gasteiger partial charge in [0.2, 0.25) is 0 Å². The Morgan fingerprint density at radius 2 is 1.15 bits per heavy atom. The molecule has 39 heavy (non-hydrogen) atoms. The number of nitrogens with zero attached hydrogens (tertiary/aromatic N) is 2. The van der Waals surface area contributed by atoms with Crippen LogP contribution in [0.25, 0.3) is 84.8 Å². The summed E-state index contributed by atoms with van der Waals surface area (Å²) < 4.78 is 11.5. The molecular weight excluding hydrogens is 517 g/mol. The van der Waals surface area contributed by atoms with E-state index in [4.69, 9.17) is 14.4 Å². The van der Waals surface area contributed by atoms with E-state index in [1.165, 1.54) is 40.7 Å². The second-order valence-electron chi connectivity index (χ2n) is 9.76. The highest BCUT2D eigenvalue weighted by molar-refractivity contribution is 7.26. The molecule has 0 saturated heterocycles. The van der Waals surface area contributed by atoms with Gasteiger partial charge in [-0.15, -0.1) is 22.7 Å². The first-order valence-electron chi connectivity index (χ1n) is 12.8. The molecule has 0 radical (unpaired) electrons. The summed E-state index contributed by atoms with van der Waals surface area (Å²) in [6.45, 7) is 0. The van der Waals surface area contributed by atoms with Gasteiger partial charge in [-0.2, -0.15) is 0 Å². The summed E-state index contributed by atoms with van der Waals surface area (Å²) in [7, 11) is 0. The highest BCUT2D eigenvalue weighted by Crippen LogP contribution is 2.44. The van der Waals surface area contributed by atoms with E-state index < -0.39 is 0 Å². The van der Waals surface area contributed by atoms with Crippen LogP contribution in [0.2, 0.25) is 0 Å². The maximum atomic E-state index is 6.56. The topological polar surface area (TPSA) is 38.9 Å². The van der Waals surface area contributed by atoms with Crippen LogP contribution in [-0.4, -0.2) is 9.97 Å². The molecule has 0 fully saturated rings. The lowest BCUT2D eigenvalue weighted by Crippen LogP contribution is -1.82. The number of hydrogen-bond acceptors (Lipinski definition) is 5. The molecule has 0 N–H and O–H groups in total. The lowest BCUT2D eigenvalue weighted by molar-refractivity contribution is 0.670. The second kappa shape index (κ2) is 7.96. The molecule has 0 atom stereocenters. The fourth-order valence-electron chi connectivity index (χ4n) is 5.83. The number of benzene rings is 4. The van der Waals surface area contributed by atoms with Crippen molar-refractivity contribution in [3.8, 4) is 22.3 Å². The number of furan rings is 1. The van der Waals surface area contributed by atoms with E-state index in [9.17, 15) is 0 Å². The molecule has 0 saturated carbocycles. The van der Waals surface area contributed by atoms with Crippen LogP contribution in [0.3, 0.4) is 0 Å². The molecule has 0 bridgehead atoms. The molecule has 4 aromatic carbocycles. The van der Waals surface area contributed by atoms with Crippen LogP contribution in [0, 0.1) is 0 Å². The number of fused-ring (bicyclic) bond motifs is 9. The lowest BCUT2D eigenvalue weighted by atomic mass is 10.00. The first-order valence-corrected chi connectivity index (χ1v) is 14.5. The quantitative estimate of drug-likeness (QED) is 0.221. The summed E-state index contributed by atoms with van der Waals surface area (Å²) in [6, 6.07) is 34.2. The summed E-state index contributed by atoms with van der Waals surface area (Å²) in [4.78, 5) is 9.47. The Hall–Kier alpha value is -4.58. The Morgan fingerprint density at radius 3 is 1.90 bits per heavy atom. The van der Waals surface area contributed by atoms with Gasteiger partial charge >= 0.3 is 0 Å². The molecule has 0 aliphatic carbocycles. The number of pyridine rings is 2. The monoisotopic (exact) mass is 534 g/mol. The van der Waals surface area contributed by atoms with Crippen molar-refractivity contribution in [1.29, 1.82) is 0 Å². The van der Waals surface area contributed by atoms with Gasteiger partial charge in [0.25, 0.3) is 0 Å². The molecule has 182 valence electrons. The molecule has 5 heteroatoms. The SMILES string of the molecule is c1ccc2c(c1)sc1c(-c3ccc4oc5c(-c6ccnc7c6sc6ccccc67)cccc5c4c3)ccnc12. The van der Waals surface area contributed by atoms with Crippen molar-refractivity contribution in [3.63, 3.8) is 0 Å². The molecule has 9 rings (SSSR count). The highest BCUT2D eigenvalue weighted by atomic mass is 32.1. The van der Waals surface area contributed by atoms with Gasteiger partial charge in [0.15, 0.2) is 0 Å². The molecule has 0 spiro atoms. The van der Waals surface area contributed by atoms with Crippen molar-refractivity contribution < 1.29 is 4.42 Å². The molecule has 0 amide bonds. The average Bonchev–Trinajstić information content (AvgIpc) is 3.68. The third kappa shape index (κ3) is 3.03. The summed E-state index contributed by atoms with van der Waals surface area (Å²) in [5.41, 5.74) is 8.55. The first-order chi connectivity index (χ1) is 19.3. The fourth-order valence-corrected chi connectivity index (χ4v) is 8.21. The normalized spacial score (nSPS) is 12.1. The maximum Gasteiger partial charge on any atom is 0.143 e. The van der Waals surface area contributed by atoms with Crippen LogP contribution < -0.4 is 0 Å². The smallest absolute Gasteiger partial charge is 0.143 e. The number of thiophene rings is 2. The minimum atomic E-state index is 0.893. The van der Waals surface area contributed by atoms with Crippen LogP contribution in [0.1, 0.15) is 0 Å². The summed E-state index contributed by atoms with van der Waals surface area (Å²) in [5.74, 6) is 0. The van der Waals surface area contributed by atoms with E-state index >= 15 is 0 Å². The van der Waals surface area contributed by atoms with Crippen molar-refractivity contribution in [2.75, 3.05) is 0 Å². The maximum absolute atomic E-state index is 6.56. The van der Waals surface area contributed by atoms with E-state index in [1.54, 1.807) is 22.7 Å². The van der Waals surface area contributed by atoms with Gasteiger partial charge < -0.3 is 4.42 Å². The van der Waals surface area contributed by atoms with Gasteiger partial charge in [0.05, 0.1) is 20.4 Å². The summed E-state index contributed by atoms with van der Waals surface area (Å²) in [5, 5.41) is 4.66. The zero-order valence-corrected chi connectivity index (χ0v) is 22.1. The summed E-state index contributed by atoms with van der Waals surface area (Å²) in [6.07, 6.45) is 3.84. The van der Waals surface area contributed by atoms with Crippen molar-refractivity contribution in [1.82, 2.24) is 9.97 Å². The molecule has 3 nitrogen and oxygen atoms in total. The van der Waals surface area contributed by atoms with Gasteiger partial charge in [0, 0.05) is 60.0 Å². The number of rotatable bonds is 2. The third-order valence-corrected chi connectivity index (χ3v) is 10.0. The zero-order chi connectivity index (χ0) is 25.5. The molecule has 0 aliphatic rings. The largest absolute Gasteiger partial charge is 0.455 e. The first kappa shape index (κ1) is 21.4. The number of para-hydroxylation sites is 1. The molecule has 0 aliphatic heterocycles. The van der Waals surface area contributed by atoms with Gasteiger partial charge in [-0.3, -0.25) is 9.97 Å². The van der Waals surface area contributed by atoms with Gasteiger partial charge in [-0.1, -0.05) is 60.7 Å². The molecule has 9 aromatic rings. The zero-order valence-electron chi connectivity index (χ0n) is 20.5. The fraction of sp³-hybridized carbons (Fsp3) is 0. The minimum absolute atomic E-state index is 0.893. The lowest BCUT2D eigenvalue weighted by Gasteiger charge is -2.04. The summed E-state index contributed by atoms with van der Waals surface area (Å²) >= 11 is 3.60. The van der Waals surface area contributed by atoms with E-state index in [-0.39, 0.29) is 0 Å². The Bertz CT molecular complexity index is 2410. The Morgan fingerprint density at radius 1 is 0.513 bits per heavy atom. The average molecular weight is 535 g/mol. The molecular formula is C34H18N2OS2. The minimum Gasteiger partial charge on any atom is -0.455 e. The van der Waals surface area contributed by atoms with Crippen LogP contribution in [-0.2, 0) is 0 Å².